The molecular formula is C19H19NO3S. The molecule has 0 bridgehead atoms. The Balaban J connectivity index is 1.71. The molecule has 3 aromatic rings. The molecule has 0 saturated carbocycles. The zero-order chi connectivity index (χ0) is 16.9. The van der Waals surface area contributed by atoms with Crippen LogP contribution in [0.3, 0.4) is 0 Å². The van der Waals surface area contributed by atoms with Crippen molar-refractivity contribution in [3.8, 4) is 27.8 Å². The van der Waals surface area contributed by atoms with Gasteiger partial charge in [0.25, 0.3) is 0 Å². The second kappa shape index (κ2) is 7.36. The van der Waals surface area contributed by atoms with Gasteiger partial charge in [0.05, 0.1) is 14.2 Å². The molecule has 4 nitrogen and oxygen atoms in total. The van der Waals surface area contributed by atoms with Crippen molar-refractivity contribution in [1.82, 2.24) is 4.98 Å². The SMILES string of the molecule is COc1ccc(OC)c(COc2ccc(-c3nc(C)cs3)cc2)c1. The highest BCUT2D eigenvalue weighted by Gasteiger charge is 2.07. The number of benzene rings is 2. The Hall–Kier alpha value is -2.53. The molecule has 0 aliphatic rings. The zero-order valence-electron chi connectivity index (χ0n) is 13.9. The third kappa shape index (κ3) is 3.68. The Kier molecular flexibility index (Phi) is 5.01. The van der Waals surface area contributed by atoms with Crippen LogP contribution in [0.15, 0.2) is 47.8 Å². The average Bonchev–Trinajstić information content (AvgIpc) is 3.06. The number of ether oxygens (including phenoxy) is 3. The molecule has 0 radical (unpaired) electrons. The van der Waals surface area contributed by atoms with Crippen LogP contribution in [0, 0.1) is 6.92 Å². The summed E-state index contributed by atoms with van der Waals surface area (Å²) in [5.74, 6) is 2.37. The number of methoxy groups -OCH3 is 2. The fraction of sp³-hybridized carbons (Fsp3) is 0.211. The highest BCUT2D eigenvalue weighted by molar-refractivity contribution is 7.13. The van der Waals surface area contributed by atoms with Crippen molar-refractivity contribution in [1.29, 1.82) is 0 Å². The summed E-state index contributed by atoms with van der Waals surface area (Å²) in [4.78, 5) is 4.49. The molecule has 124 valence electrons. The minimum Gasteiger partial charge on any atom is -0.497 e. The Morgan fingerprint density at radius 2 is 1.71 bits per heavy atom. The van der Waals surface area contributed by atoms with E-state index < -0.39 is 0 Å². The van der Waals surface area contributed by atoms with E-state index in [1.54, 1.807) is 25.6 Å². The van der Waals surface area contributed by atoms with Crippen molar-refractivity contribution in [2.75, 3.05) is 14.2 Å². The topological polar surface area (TPSA) is 40.6 Å². The van der Waals surface area contributed by atoms with Crippen LogP contribution in [0.2, 0.25) is 0 Å². The van der Waals surface area contributed by atoms with E-state index >= 15 is 0 Å². The predicted molar refractivity (Wildman–Crippen MR) is 96.2 cm³/mol. The van der Waals surface area contributed by atoms with E-state index in [9.17, 15) is 0 Å². The Morgan fingerprint density at radius 3 is 2.33 bits per heavy atom. The van der Waals surface area contributed by atoms with Crippen molar-refractivity contribution in [3.63, 3.8) is 0 Å². The molecule has 1 aromatic heterocycles. The van der Waals surface area contributed by atoms with Gasteiger partial charge in [-0.3, -0.25) is 0 Å². The average molecular weight is 341 g/mol. The largest absolute Gasteiger partial charge is 0.497 e. The third-order valence-electron chi connectivity index (χ3n) is 3.60. The lowest BCUT2D eigenvalue weighted by Crippen LogP contribution is -1.99. The molecule has 3 rings (SSSR count). The van der Waals surface area contributed by atoms with Crippen molar-refractivity contribution < 1.29 is 14.2 Å². The third-order valence-corrected chi connectivity index (χ3v) is 4.61. The summed E-state index contributed by atoms with van der Waals surface area (Å²) >= 11 is 1.65. The summed E-state index contributed by atoms with van der Waals surface area (Å²) in [6.45, 7) is 2.41. The lowest BCUT2D eigenvalue weighted by Gasteiger charge is -2.12. The summed E-state index contributed by atoms with van der Waals surface area (Å²) in [6.07, 6.45) is 0. The number of aromatic nitrogens is 1. The van der Waals surface area contributed by atoms with E-state index in [0.717, 1.165) is 39.1 Å². The molecule has 0 saturated heterocycles. The van der Waals surface area contributed by atoms with Crippen LogP contribution >= 0.6 is 11.3 Å². The summed E-state index contributed by atoms with van der Waals surface area (Å²) in [6, 6.07) is 13.6. The van der Waals surface area contributed by atoms with Crippen LogP contribution < -0.4 is 14.2 Å². The highest BCUT2D eigenvalue weighted by Crippen LogP contribution is 2.28. The highest BCUT2D eigenvalue weighted by atomic mass is 32.1. The fourth-order valence-electron chi connectivity index (χ4n) is 2.34. The first-order chi connectivity index (χ1) is 11.7. The van der Waals surface area contributed by atoms with Gasteiger partial charge in [0.1, 0.15) is 28.9 Å². The summed E-state index contributed by atoms with van der Waals surface area (Å²) < 4.78 is 16.5. The molecule has 24 heavy (non-hydrogen) atoms. The zero-order valence-corrected chi connectivity index (χ0v) is 14.7. The molecule has 0 unspecified atom stereocenters. The lowest BCUT2D eigenvalue weighted by molar-refractivity contribution is 0.295. The monoisotopic (exact) mass is 341 g/mol. The quantitative estimate of drug-likeness (QED) is 0.651. The molecule has 0 N–H and O–H groups in total. The molecule has 0 amide bonds. The second-order valence-corrected chi connectivity index (χ2v) is 6.14. The van der Waals surface area contributed by atoms with Gasteiger partial charge in [0.2, 0.25) is 0 Å². The maximum atomic E-state index is 5.88. The van der Waals surface area contributed by atoms with Crippen molar-refractivity contribution in [3.05, 3.63) is 59.1 Å². The molecule has 0 aliphatic heterocycles. The van der Waals surface area contributed by atoms with Gasteiger partial charge >= 0.3 is 0 Å². The van der Waals surface area contributed by atoms with Crippen LogP contribution in [0.1, 0.15) is 11.3 Å². The van der Waals surface area contributed by atoms with Crippen molar-refractivity contribution in [2.45, 2.75) is 13.5 Å². The smallest absolute Gasteiger partial charge is 0.125 e. The number of aryl methyl sites for hydroxylation is 1. The molecule has 0 atom stereocenters. The second-order valence-electron chi connectivity index (χ2n) is 5.28. The lowest BCUT2D eigenvalue weighted by atomic mass is 10.2. The van der Waals surface area contributed by atoms with Gasteiger partial charge < -0.3 is 14.2 Å². The first-order valence-electron chi connectivity index (χ1n) is 7.56. The van der Waals surface area contributed by atoms with E-state index in [0.29, 0.717) is 6.61 Å². The number of thiazole rings is 1. The van der Waals surface area contributed by atoms with Gasteiger partial charge in [-0.25, -0.2) is 4.98 Å². The summed E-state index contributed by atoms with van der Waals surface area (Å²) in [7, 11) is 3.29. The predicted octanol–water partition coefficient (Wildman–Crippen LogP) is 4.71. The molecule has 5 heteroatoms. The minimum atomic E-state index is 0.413. The van der Waals surface area contributed by atoms with Crippen LogP contribution in [0.5, 0.6) is 17.2 Å². The van der Waals surface area contributed by atoms with E-state index in [1.165, 1.54) is 0 Å². The molecule has 0 spiro atoms. The maximum Gasteiger partial charge on any atom is 0.125 e. The Labute approximate surface area is 145 Å². The van der Waals surface area contributed by atoms with Gasteiger partial charge in [-0.2, -0.15) is 0 Å². The van der Waals surface area contributed by atoms with E-state index in [1.807, 2.05) is 49.4 Å². The van der Waals surface area contributed by atoms with Gasteiger partial charge in [0.15, 0.2) is 0 Å². The summed E-state index contributed by atoms with van der Waals surface area (Å²) in [5, 5.41) is 3.07. The van der Waals surface area contributed by atoms with Crippen LogP contribution in [0.25, 0.3) is 10.6 Å². The van der Waals surface area contributed by atoms with Gasteiger partial charge in [-0.1, -0.05) is 0 Å². The van der Waals surface area contributed by atoms with Crippen molar-refractivity contribution in [2.24, 2.45) is 0 Å². The van der Waals surface area contributed by atoms with Crippen LogP contribution in [0.4, 0.5) is 0 Å². The van der Waals surface area contributed by atoms with E-state index in [-0.39, 0.29) is 0 Å². The first kappa shape index (κ1) is 16.3. The maximum absolute atomic E-state index is 5.88. The standard InChI is InChI=1S/C19H19NO3S/c1-13-12-24-19(20-13)14-4-6-16(7-5-14)23-11-15-10-17(21-2)8-9-18(15)22-3/h4-10,12H,11H2,1-3H3. The molecule has 2 aromatic carbocycles. The van der Waals surface area contributed by atoms with E-state index in [4.69, 9.17) is 14.2 Å². The van der Waals surface area contributed by atoms with Gasteiger partial charge in [0, 0.05) is 22.2 Å². The molecular weight excluding hydrogens is 322 g/mol. The first-order valence-corrected chi connectivity index (χ1v) is 8.44. The van der Waals surface area contributed by atoms with Gasteiger partial charge in [-0.15, -0.1) is 11.3 Å². The van der Waals surface area contributed by atoms with Crippen LogP contribution in [-0.4, -0.2) is 19.2 Å². The number of rotatable bonds is 6. The molecule has 0 aliphatic carbocycles. The Bertz CT molecular complexity index is 812. The normalized spacial score (nSPS) is 10.5. The van der Waals surface area contributed by atoms with Gasteiger partial charge in [-0.05, 0) is 49.4 Å². The molecule has 1 heterocycles. The number of hydrogen-bond donors (Lipinski definition) is 0. The fourth-order valence-corrected chi connectivity index (χ4v) is 3.14. The minimum absolute atomic E-state index is 0.413. The molecule has 0 fully saturated rings. The summed E-state index contributed by atoms with van der Waals surface area (Å²) in [5.41, 5.74) is 3.08. The van der Waals surface area contributed by atoms with Crippen LogP contribution in [-0.2, 0) is 6.61 Å². The number of nitrogens with zero attached hydrogens (tertiary/aromatic N) is 1. The number of hydrogen-bond acceptors (Lipinski definition) is 5. The Morgan fingerprint density at radius 1 is 0.958 bits per heavy atom. The van der Waals surface area contributed by atoms with Crippen molar-refractivity contribution >= 4 is 11.3 Å². The van der Waals surface area contributed by atoms with E-state index in [2.05, 4.69) is 10.4 Å².